The van der Waals surface area contributed by atoms with Gasteiger partial charge in [0.1, 0.15) is 0 Å². The van der Waals surface area contributed by atoms with E-state index in [2.05, 4.69) is 13.8 Å². The zero-order valence-corrected chi connectivity index (χ0v) is 8.58. The largest absolute Gasteiger partial charge is 0.396 e. The first-order valence-corrected chi connectivity index (χ1v) is 5.13. The van der Waals surface area contributed by atoms with Crippen molar-refractivity contribution in [1.29, 1.82) is 0 Å². The molecule has 0 aromatic rings. The first-order valence-electron chi connectivity index (χ1n) is 5.13. The lowest BCUT2D eigenvalue weighted by Gasteiger charge is -2.39. The molecule has 13 heavy (non-hydrogen) atoms. The second kappa shape index (κ2) is 4.94. The van der Waals surface area contributed by atoms with E-state index in [1.165, 1.54) is 0 Å². The predicted octanol–water partition coefficient (Wildman–Crippen LogP) is 1.55. The molecule has 1 rings (SSSR count). The maximum absolute atomic E-state index is 9.37. The minimum Gasteiger partial charge on any atom is -0.396 e. The number of aliphatic hydroxyl groups is 1. The van der Waals surface area contributed by atoms with E-state index in [4.69, 9.17) is 9.47 Å². The molecule has 0 amide bonds. The van der Waals surface area contributed by atoms with Crippen molar-refractivity contribution in [2.45, 2.75) is 39.4 Å². The Bertz CT molecular complexity index is 129. The maximum Gasteiger partial charge on any atom is 0.165 e. The Balaban J connectivity index is 2.60. The van der Waals surface area contributed by atoms with Crippen molar-refractivity contribution >= 4 is 0 Å². The highest BCUT2D eigenvalue weighted by Crippen LogP contribution is 2.34. The third kappa shape index (κ3) is 2.22. The lowest BCUT2D eigenvalue weighted by molar-refractivity contribution is -0.246. The summed E-state index contributed by atoms with van der Waals surface area (Å²) in [4.78, 5) is 0. The van der Waals surface area contributed by atoms with Gasteiger partial charge in [-0.3, -0.25) is 0 Å². The van der Waals surface area contributed by atoms with Gasteiger partial charge in [0.05, 0.1) is 19.8 Å². The SMILES string of the molecule is CCC(CC)(CO)C1OCCCO1. The average molecular weight is 188 g/mol. The highest BCUT2D eigenvalue weighted by Gasteiger charge is 2.38. The van der Waals surface area contributed by atoms with Gasteiger partial charge in [0, 0.05) is 5.41 Å². The van der Waals surface area contributed by atoms with Gasteiger partial charge >= 0.3 is 0 Å². The van der Waals surface area contributed by atoms with Crippen molar-refractivity contribution in [2.24, 2.45) is 5.41 Å². The molecular weight excluding hydrogens is 168 g/mol. The van der Waals surface area contributed by atoms with Gasteiger partial charge in [-0.05, 0) is 19.3 Å². The molecule has 1 aliphatic heterocycles. The van der Waals surface area contributed by atoms with E-state index in [0.717, 1.165) is 32.5 Å². The number of ether oxygens (including phenoxy) is 2. The molecule has 1 heterocycles. The Morgan fingerprint density at radius 2 is 1.77 bits per heavy atom. The minimum atomic E-state index is -0.207. The summed E-state index contributed by atoms with van der Waals surface area (Å²) in [5.74, 6) is 0. The normalized spacial score (nSPS) is 20.5. The van der Waals surface area contributed by atoms with Gasteiger partial charge in [0.15, 0.2) is 6.29 Å². The summed E-state index contributed by atoms with van der Waals surface area (Å²) >= 11 is 0. The van der Waals surface area contributed by atoms with Crippen LogP contribution in [0.15, 0.2) is 0 Å². The molecule has 1 aliphatic rings. The lowest BCUT2D eigenvalue weighted by Crippen LogP contribution is -2.44. The molecule has 0 aromatic carbocycles. The van der Waals surface area contributed by atoms with Gasteiger partial charge < -0.3 is 14.6 Å². The van der Waals surface area contributed by atoms with Crippen LogP contribution >= 0.6 is 0 Å². The van der Waals surface area contributed by atoms with Crippen LogP contribution in [0.1, 0.15) is 33.1 Å². The van der Waals surface area contributed by atoms with Crippen molar-refractivity contribution in [2.75, 3.05) is 19.8 Å². The van der Waals surface area contributed by atoms with Crippen molar-refractivity contribution in [3.05, 3.63) is 0 Å². The summed E-state index contributed by atoms with van der Waals surface area (Å²) in [6.07, 6.45) is 2.54. The van der Waals surface area contributed by atoms with Gasteiger partial charge in [0.2, 0.25) is 0 Å². The molecule has 0 radical (unpaired) electrons. The van der Waals surface area contributed by atoms with Crippen LogP contribution < -0.4 is 0 Å². The molecular formula is C10H20O3. The van der Waals surface area contributed by atoms with E-state index in [1.54, 1.807) is 0 Å². The maximum atomic E-state index is 9.37. The Labute approximate surface area is 80.0 Å². The van der Waals surface area contributed by atoms with Crippen LogP contribution in [-0.4, -0.2) is 31.2 Å². The van der Waals surface area contributed by atoms with E-state index in [0.29, 0.717) is 0 Å². The van der Waals surface area contributed by atoms with Crippen molar-refractivity contribution in [1.82, 2.24) is 0 Å². The zero-order chi connectivity index (χ0) is 9.73. The van der Waals surface area contributed by atoms with Crippen LogP contribution in [0.2, 0.25) is 0 Å². The summed E-state index contributed by atoms with van der Waals surface area (Å²) in [7, 11) is 0. The fourth-order valence-corrected chi connectivity index (χ4v) is 1.72. The van der Waals surface area contributed by atoms with Gasteiger partial charge in [-0.15, -0.1) is 0 Å². The smallest absolute Gasteiger partial charge is 0.165 e. The fraction of sp³-hybridized carbons (Fsp3) is 1.00. The predicted molar refractivity (Wildman–Crippen MR) is 50.4 cm³/mol. The van der Waals surface area contributed by atoms with Crippen molar-refractivity contribution in [3.63, 3.8) is 0 Å². The second-order valence-corrected chi connectivity index (χ2v) is 3.65. The highest BCUT2D eigenvalue weighted by molar-refractivity contribution is 4.80. The van der Waals surface area contributed by atoms with Gasteiger partial charge in [0.25, 0.3) is 0 Å². The quantitative estimate of drug-likeness (QED) is 0.727. The fourth-order valence-electron chi connectivity index (χ4n) is 1.72. The molecule has 3 heteroatoms. The van der Waals surface area contributed by atoms with Gasteiger partial charge in [-0.25, -0.2) is 0 Å². The van der Waals surface area contributed by atoms with Crippen LogP contribution in [-0.2, 0) is 9.47 Å². The molecule has 0 aliphatic carbocycles. The molecule has 0 bridgehead atoms. The topological polar surface area (TPSA) is 38.7 Å². The lowest BCUT2D eigenvalue weighted by atomic mass is 9.82. The second-order valence-electron chi connectivity index (χ2n) is 3.65. The van der Waals surface area contributed by atoms with Crippen LogP contribution in [0.5, 0.6) is 0 Å². The molecule has 78 valence electrons. The molecule has 0 saturated carbocycles. The third-order valence-electron chi connectivity index (χ3n) is 3.05. The summed E-state index contributed by atoms with van der Waals surface area (Å²) in [6, 6.07) is 0. The Morgan fingerprint density at radius 1 is 1.23 bits per heavy atom. The number of rotatable bonds is 4. The van der Waals surface area contributed by atoms with E-state index < -0.39 is 0 Å². The molecule has 0 atom stereocenters. The Morgan fingerprint density at radius 3 is 2.15 bits per heavy atom. The molecule has 1 saturated heterocycles. The number of hydrogen-bond acceptors (Lipinski definition) is 3. The Kier molecular flexibility index (Phi) is 4.16. The average Bonchev–Trinajstić information content (AvgIpc) is 2.23. The molecule has 1 N–H and O–H groups in total. The first kappa shape index (κ1) is 11.0. The minimum absolute atomic E-state index is 0.144. The molecule has 0 unspecified atom stereocenters. The van der Waals surface area contributed by atoms with E-state index in [1.807, 2.05) is 0 Å². The summed E-state index contributed by atoms with van der Waals surface area (Å²) < 4.78 is 11.1. The van der Waals surface area contributed by atoms with Crippen molar-refractivity contribution < 1.29 is 14.6 Å². The molecule has 0 aromatic heterocycles. The van der Waals surface area contributed by atoms with Crippen LogP contribution in [0.4, 0.5) is 0 Å². The number of hydrogen-bond donors (Lipinski definition) is 1. The monoisotopic (exact) mass is 188 g/mol. The molecule has 0 spiro atoms. The van der Waals surface area contributed by atoms with Gasteiger partial charge in [-0.2, -0.15) is 0 Å². The summed E-state index contributed by atoms with van der Waals surface area (Å²) in [5.41, 5.74) is -0.194. The first-order chi connectivity index (χ1) is 6.29. The molecule has 3 nitrogen and oxygen atoms in total. The standard InChI is InChI=1S/C10H20O3/c1-3-10(4-2,8-11)9-12-6-5-7-13-9/h9,11H,3-8H2,1-2H3. The summed E-state index contributed by atoms with van der Waals surface area (Å²) in [5, 5.41) is 9.37. The van der Waals surface area contributed by atoms with E-state index in [9.17, 15) is 5.11 Å². The highest BCUT2D eigenvalue weighted by atomic mass is 16.7. The van der Waals surface area contributed by atoms with Crippen LogP contribution in [0.3, 0.4) is 0 Å². The Hall–Kier alpha value is -0.120. The third-order valence-corrected chi connectivity index (χ3v) is 3.05. The van der Waals surface area contributed by atoms with Crippen LogP contribution in [0.25, 0.3) is 0 Å². The van der Waals surface area contributed by atoms with Crippen molar-refractivity contribution in [3.8, 4) is 0 Å². The van der Waals surface area contributed by atoms with E-state index in [-0.39, 0.29) is 18.3 Å². The van der Waals surface area contributed by atoms with Gasteiger partial charge in [-0.1, -0.05) is 13.8 Å². The molecule has 1 fully saturated rings. The van der Waals surface area contributed by atoms with Crippen LogP contribution in [0, 0.1) is 5.41 Å². The van der Waals surface area contributed by atoms with E-state index >= 15 is 0 Å². The zero-order valence-electron chi connectivity index (χ0n) is 8.58. The number of aliphatic hydroxyl groups excluding tert-OH is 1. The summed E-state index contributed by atoms with van der Waals surface area (Å²) in [6.45, 7) is 5.80.